The molecule has 9 heavy (non-hydrogen) atoms. The predicted molar refractivity (Wildman–Crippen MR) is 43.4 cm³/mol. The molecule has 0 N–H and O–H groups in total. The molecule has 0 bridgehead atoms. The lowest BCUT2D eigenvalue weighted by atomic mass is 9.91. The summed E-state index contributed by atoms with van der Waals surface area (Å²) in [5.74, 6) is 1.68. The van der Waals surface area contributed by atoms with Gasteiger partial charge in [0.1, 0.15) is 0 Å². The van der Waals surface area contributed by atoms with E-state index in [1.54, 1.807) is 0 Å². The van der Waals surface area contributed by atoms with E-state index in [0.29, 0.717) is 0 Å². The van der Waals surface area contributed by atoms with Crippen molar-refractivity contribution in [2.24, 2.45) is 11.8 Å². The molecule has 0 amide bonds. The molecule has 0 saturated carbocycles. The minimum Gasteiger partial charge on any atom is -0.0854 e. The Bertz CT molecular complexity index is 80.2. The SMILES string of the molecule is C.CC1C=CC(C)CC1. The van der Waals surface area contributed by atoms with E-state index in [9.17, 15) is 0 Å². The van der Waals surface area contributed by atoms with Crippen LogP contribution in [0, 0.1) is 11.8 Å². The molecule has 1 rings (SSSR count). The molecule has 0 aromatic rings. The summed E-state index contributed by atoms with van der Waals surface area (Å²) in [6, 6.07) is 0. The van der Waals surface area contributed by atoms with Crippen molar-refractivity contribution < 1.29 is 0 Å². The first-order valence-electron chi connectivity index (χ1n) is 3.47. The van der Waals surface area contributed by atoms with Gasteiger partial charge in [-0.3, -0.25) is 0 Å². The molecule has 1 aliphatic rings. The Labute approximate surface area is 59.0 Å². The molecular weight excluding hydrogens is 108 g/mol. The van der Waals surface area contributed by atoms with Gasteiger partial charge in [-0.25, -0.2) is 0 Å². The molecule has 1 aliphatic carbocycles. The fourth-order valence-corrected chi connectivity index (χ4v) is 1.10. The summed E-state index contributed by atoms with van der Waals surface area (Å²) < 4.78 is 0. The highest BCUT2D eigenvalue weighted by Crippen LogP contribution is 2.20. The third-order valence-electron chi connectivity index (χ3n) is 1.85. The number of allylic oxidation sites excluding steroid dienone is 2. The first kappa shape index (κ1) is 8.74. The summed E-state index contributed by atoms with van der Waals surface area (Å²) >= 11 is 0. The summed E-state index contributed by atoms with van der Waals surface area (Å²) in [6.07, 6.45) is 7.43. The van der Waals surface area contributed by atoms with Gasteiger partial charge in [0.2, 0.25) is 0 Å². The maximum Gasteiger partial charge on any atom is -0.0262 e. The van der Waals surface area contributed by atoms with Gasteiger partial charge in [0.25, 0.3) is 0 Å². The molecule has 2 atom stereocenters. The van der Waals surface area contributed by atoms with Crippen molar-refractivity contribution in [2.75, 3.05) is 0 Å². The van der Waals surface area contributed by atoms with Crippen LogP contribution in [0.5, 0.6) is 0 Å². The number of hydrogen-bond acceptors (Lipinski definition) is 0. The van der Waals surface area contributed by atoms with Crippen molar-refractivity contribution in [1.82, 2.24) is 0 Å². The van der Waals surface area contributed by atoms with Crippen molar-refractivity contribution in [3.8, 4) is 0 Å². The quantitative estimate of drug-likeness (QED) is 0.437. The van der Waals surface area contributed by atoms with Gasteiger partial charge >= 0.3 is 0 Å². The predicted octanol–water partition coefficient (Wildman–Crippen LogP) is 3.24. The van der Waals surface area contributed by atoms with Gasteiger partial charge in [0, 0.05) is 0 Å². The van der Waals surface area contributed by atoms with Gasteiger partial charge in [0.15, 0.2) is 0 Å². The van der Waals surface area contributed by atoms with Crippen LogP contribution in [0.2, 0.25) is 0 Å². The first-order chi connectivity index (χ1) is 3.79. The molecule has 0 saturated heterocycles. The van der Waals surface area contributed by atoms with Crippen molar-refractivity contribution >= 4 is 0 Å². The van der Waals surface area contributed by atoms with Crippen LogP contribution in [0.1, 0.15) is 34.1 Å². The summed E-state index contributed by atoms with van der Waals surface area (Å²) in [6.45, 7) is 4.56. The monoisotopic (exact) mass is 126 g/mol. The minimum atomic E-state index is 0. The van der Waals surface area contributed by atoms with Crippen LogP contribution in [-0.4, -0.2) is 0 Å². The Kier molecular flexibility index (Phi) is 3.60. The molecule has 0 heteroatoms. The molecular formula is C9H18. The lowest BCUT2D eigenvalue weighted by molar-refractivity contribution is 0.502. The Morgan fingerprint density at radius 1 is 1.00 bits per heavy atom. The molecule has 0 radical (unpaired) electrons. The highest BCUT2D eigenvalue weighted by Gasteiger charge is 2.06. The lowest BCUT2D eigenvalue weighted by Crippen LogP contribution is -2.01. The Hall–Kier alpha value is -0.260. The molecule has 0 nitrogen and oxygen atoms in total. The van der Waals surface area contributed by atoms with E-state index in [-0.39, 0.29) is 7.43 Å². The van der Waals surface area contributed by atoms with E-state index in [2.05, 4.69) is 26.0 Å². The van der Waals surface area contributed by atoms with E-state index in [0.717, 1.165) is 11.8 Å². The standard InChI is InChI=1S/C8H14.CH4/c1-7-3-5-8(2)6-4-7;/h3,5,7-8H,4,6H2,1-2H3;1H4. The largest absolute Gasteiger partial charge is 0.0854 e. The van der Waals surface area contributed by atoms with E-state index < -0.39 is 0 Å². The summed E-state index contributed by atoms with van der Waals surface area (Å²) in [4.78, 5) is 0. The zero-order valence-electron chi connectivity index (χ0n) is 5.72. The molecule has 0 aromatic carbocycles. The average molecular weight is 126 g/mol. The van der Waals surface area contributed by atoms with Crippen LogP contribution in [0.15, 0.2) is 12.2 Å². The summed E-state index contributed by atoms with van der Waals surface area (Å²) in [5.41, 5.74) is 0. The number of rotatable bonds is 0. The molecule has 0 fully saturated rings. The van der Waals surface area contributed by atoms with E-state index in [1.807, 2.05) is 0 Å². The average Bonchev–Trinajstić information content (AvgIpc) is 1.77. The smallest absolute Gasteiger partial charge is 0.0262 e. The third-order valence-corrected chi connectivity index (χ3v) is 1.85. The van der Waals surface area contributed by atoms with E-state index >= 15 is 0 Å². The van der Waals surface area contributed by atoms with Gasteiger partial charge in [-0.15, -0.1) is 0 Å². The highest BCUT2D eigenvalue weighted by molar-refractivity contribution is 4.94. The van der Waals surface area contributed by atoms with Crippen LogP contribution in [0.25, 0.3) is 0 Å². The minimum absolute atomic E-state index is 0. The second kappa shape index (κ2) is 3.71. The van der Waals surface area contributed by atoms with Crippen LogP contribution in [0.4, 0.5) is 0 Å². The highest BCUT2D eigenvalue weighted by atomic mass is 14.1. The fourth-order valence-electron chi connectivity index (χ4n) is 1.10. The topological polar surface area (TPSA) is 0 Å². The van der Waals surface area contributed by atoms with Crippen LogP contribution >= 0.6 is 0 Å². The first-order valence-corrected chi connectivity index (χ1v) is 3.47. The van der Waals surface area contributed by atoms with E-state index in [1.165, 1.54) is 12.8 Å². The fraction of sp³-hybridized carbons (Fsp3) is 0.778. The molecule has 0 aliphatic heterocycles. The molecule has 54 valence electrons. The van der Waals surface area contributed by atoms with E-state index in [4.69, 9.17) is 0 Å². The van der Waals surface area contributed by atoms with Gasteiger partial charge in [-0.2, -0.15) is 0 Å². The van der Waals surface area contributed by atoms with Crippen LogP contribution in [0.3, 0.4) is 0 Å². The normalized spacial score (nSPS) is 33.6. The van der Waals surface area contributed by atoms with Crippen molar-refractivity contribution in [1.29, 1.82) is 0 Å². The van der Waals surface area contributed by atoms with Crippen molar-refractivity contribution in [3.05, 3.63) is 12.2 Å². The zero-order chi connectivity index (χ0) is 5.98. The second-order valence-corrected chi connectivity index (χ2v) is 2.92. The summed E-state index contributed by atoms with van der Waals surface area (Å²) in [5, 5.41) is 0. The third kappa shape index (κ3) is 2.69. The van der Waals surface area contributed by atoms with Gasteiger partial charge in [-0.1, -0.05) is 33.4 Å². The zero-order valence-corrected chi connectivity index (χ0v) is 5.72. The Morgan fingerprint density at radius 2 is 1.33 bits per heavy atom. The molecule has 0 heterocycles. The van der Waals surface area contributed by atoms with Gasteiger partial charge in [-0.05, 0) is 24.7 Å². The molecule has 2 unspecified atom stereocenters. The lowest BCUT2D eigenvalue weighted by Gasteiger charge is -2.15. The second-order valence-electron chi connectivity index (χ2n) is 2.92. The maximum atomic E-state index is 2.33. The number of hydrogen-bond donors (Lipinski definition) is 0. The van der Waals surface area contributed by atoms with Crippen molar-refractivity contribution in [3.63, 3.8) is 0 Å². The van der Waals surface area contributed by atoms with Crippen molar-refractivity contribution in [2.45, 2.75) is 34.1 Å². The maximum absolute atomic E-state index is 2.33. The Morgan fingerprint density at radius 3 is 1.56 bits per heavy atom. The van der Waals surface area contributed by atoms with Gasteiger partial charge < -0.3 is 0 Å². The summed E-state index contributed by atoms with van der Waals surface area (Å²) in [7, 11) is 0. The van der Waals surface area contributed by atoms with Crippen LogP contribution < -0.4 is 0 Å². The van der Waals surface area contributed by atoms with Crippen LogP contribution in [-0.2, 0) is 0 Å². The molecule has 0 aromatic heterocycles. The molecule has 0 spiro atoms. The Balaban J connectivity index is 0.000000640. The van der Waals surface area contributed by atoms with Gasteiger partial charge in [0.05, 0.1) is 0 Å².